The van der Waals surface area contributed by atoms with Crippen LogP contribution in [0.5, 0.6) is 0 Å². The zero-order chi connectivity index (χ0) is 7.56. The molecular weight excluding hydrogens is 130 g/mol. The van der Waals surface area contributed by atoms with Crippen molar-refractivity contribution in [3.05, 3.63) is 0 Å². The standard InChI is InChI=1S/C7H15NO2/c1-5-3-6(8-4-5)7(9)10-2/h5-9H,3-4H2,1-2H3/t5-,6+,7?/m1/s1. The van der Waals surface area contributed by atoms with Crippen LogP contribution in [0.1, 0.15) is 13.3 Å². The van der Waals surface area contributed by atoms with Crippen LogP contribution < -0.4 is 5.32 Å². The van der Waals surface area contributed by atoms with Crippen LogP contribution in [0.25, 0.3) is 0 Å². The van der Waals surface area contributed by atoms with Crippen LogP contribution in [-0.4, -0.2) is 31.1 Å². The fourth-order valence-corrected chi connectivity index (χ4v) is 1.33. The monoisotopic (exact) mass is 145 g/mol. The Morgan fingerprint density at radius 1 is 1.70 bits per heavy atom. The lowest BCUT2D eigenvalue weighted by atomic mass is 10.1. The van der Waals surface area contributed by atoms with Crippen molar-refractivity contribution < 1.29 is 9.84 Å². The van der Waals surface area contributed by atoms with E-state index < -0.39 is 6.29 Å². The third-order valence-corrected chi connectivity index (χ3v) is 1.97. The maximum atomic E-state index is 9.19. The summed E-state index contributed by atoms with van der Waals surface area (Å²) in [5, 5.41) is 12.4. The average Bonchev–Trinajstić information content (AvgIpc) is 2.34. The molecule has 2 N–H and O–H groups in total. The van der Waals surface area contributed by atoms with Crippen molar-refractivity contribution in [1.82, 2.24) is 5.32 Å². The molecule has 1 heterocycles. The van der Waals surface area contributed by atoms with Gasteiger partial charge in [0.05, 0.1) is 6.04 Å². The molecule has 3 nitrogen and oxygen atoms in total. The fraction of sp³-hybridized carbons (Fsp3) is 1.00. The average molecular weight is 145 g/mol. The number of rotatable bonds is 2. The van der Waals surface area contributed by atoms with Gasteiger partial charge in [0.15, 0.2) is 6.29 Å². The van der Waals surface area contributed by atoms with Gasteiger partial charge in [-0.05, 0) is 18.9 Å². The molecular formula is C7H15NO2. The molecule has 60 valence electrons. The molecule has 1 aliphatic heterocycles. The third-order valence-electron chi connectivity index (χ3n) is 1.97. The molecule has 1 unspecified atom stereocenters. The van der Waals surface area contributed by atoms with Gasteiger partial charge in [-0.1, -0.05) is 6.92 Å². The smallest absolute Gasteiger partial charge is 0.169 e. The molecule has 3 atom stereocenters. The first-order valence-corrected chi connectivity index (χ1v) is 3.68. The number of methoxy groups -OCH3 is 1. The van der Waals surface area contributed by atoms with Gasteiger partial charge in [0, 0.05) is 7.11 Å². The van der Waals surface area contributed by atoms with Crippen LogP contribution in [0.4, 0.5) is 0 Å². The van der Waals surface area contributed by atoms with E-state index in [1.54, 1.807) is 0 Å². The summed E-state index contributed by atoms with van der Waals surface area (Å²) in [5.41, 5.74) is 0. The minimum atomic E-state index is -0.634. The second kappa shape index (κ2) is 3.32. The number of nitrogens with one attached hydrogen (secondary N) is 1. The highest BCUT2D eigenvalue weighted by Gasteiger charge is 2.26. The Morgan fingerprint density at radius 3 is 2.80 bits per heavy atom. The molecule has 0 amide bonds. The van der Waals surface area contributed by atoms with Gasteiger partial charge in [-0.3, -0.25) is 0 Å². The Hall–Kier alpha value is -0.120. The first-order chi connectivity index (χ1) is 4.74. The summed E-state index contributed by atoms with van der Waals surface area (Å²) in [4.78, 5) is 0. The molecule has 0 spiro atoms. The normalized spacial score (nSPS) is 36.3. The van der Waals surface area contributed by atoms with Gasteiger partial charge in [-0.2, -0.15) is 0 Å². The zero-order valence-electron chi connectivity index (χ0n) is 6.50. The number of hydrogen-bond acceptors (Lipinski definition) is 3. The Kier molecular flexibility index (Phi) is 2.65. The van der Waals surface area contributed by atoms with E-state index in [-0.39, 0.29) is 6.04 Å². The van der Waals surface area contributed by atoms with Crippen LogP contribution in [0.2, 0.25) is 0 Å². The molecule has 0 aliphatic carbocycles. The molecule has 0 bridgehead atoms. The number of ether oxygens (including phenoxy) is 1. The van der Waals surface area contributed by atoms with Crippen molar-refractivity contribution in [2.24, 2.45) is 5.92 Å². The highest BCUT2D eigenvalue weighted by molar-refractivity contribution is 4.80. The highest BCUT2D eigenvalue weighted by Crippen LogP contribution is 2.15. The molecule has 10 heavy (non-hydrogen) atoms. The molecule has 3 heteroatoms. The van der Waals surface area contributed by atoms with Gasteiger partial charge in [0.2, 0.25) is 0 Å². The first-order valence-electron chi connectivity index (χ1n) is 3.68. The molecule has 0 radical (unpaired) electrons. The van der Waals surface area contributed by atoms with E-state index in [0.717, 1.165) is 13.0 Å². The summed E-state index contributed by atoms with van der Waals surface area (Å²) in [7, 11) is 1.52. The summed E-state index contributed by atoms with van der Waals surface area (Å²) >= 11 is 0. The predicted molar refractivity (Wildman–Crippen MR) is 38.6 cm³/mol. The molecule has 0 aromatic rings. The van der Waals surface area contributed by atoms with Crippen LogP contribution in [0, 0.1) is 5.92 Å². The summed E-state index contributed by atoms with van der Waals surface area (Å²) in [6.07, 6.45) is 0.375. The minimum Gasteiger partial charge on any atom is -0.367 e. The van der Waals surface area contributed by atoms with E-state index in [9.17, 15) is 5.11 Å². The number of aliphatic hydroxyl groups excluding tert-OH is 1. The topological polar surface area (TPSA) is 41.5 Å². The highest BCUT2D eigenvalue weighted by atomic mass is 16.6. The molecule has 0 saturated carbocycles. The Morgan fingerprint density at radius 2 is 2.40 bits per heavy atom. The van der Waals surface area contributed by atoms with Crippen molar-refractivity contribution in [1.29, 1.82) is 0 Å². The van der Waals surface area contributed by atoms with Gasteiger partial charge in [-0.15, -0.1) is 0 Å². The first kappa shape index (κ1) is 7.98. The number of hydrogen-bond donors (Lipinski definition) is 2. The molecule has 0 aromatic heterocycles. The van der Waals surface area contributed by atoms with Gasteiger partial charge in [0.25, 0.3) is 0 Å². The third kappa shape index (κ3) is 1.68. The maximum Gasteiger partial charge on any atom is 0.169 e. The van der Waals surface area contributed by atoms with Gasteiger partial charge in [-0.25, -0.2) is 0 Å². The Labute approximate surface area is 61.4 Å². The molecule has 1 aliphatic rings. The zero-order valence-corrected chi connectivity index (χ0v) is 6.50. The predicted octanol–water partition coefficient (Wildman–Crippen LogP) is -0.0508. The molecule has 1 rings (SSSR count). The van der Waals surface area contributed by atoms with E-state index >= 15 is 0 Å². The summed E-state index contributed by atoms with van der Waals surface area (Å²) < 4.78 is 4.78. The Bertz CT molecular complexity index is 108. The molecule has 0 aromatic carbocycles. The van der Waals surface area contributed by atoms with Crippen molar-refractivity contribution in [3.63, 3.8) is 0 Å². The molecule has 1 fully saturated rings. The van der Waals surface area contributed by atoms with E-state index in [1.165, 1.54) is 7.11 Å². The Balaban J connectivity index is 2.29. The largest absolute Gasteiger partial charge is 0.367 e. The van der Waals surface area contributed by atoms with Crippen LogP contribution in [0.3, 0.4) is 0 Å². The van der Waals surface area contributed by atoms with Gasteiger partial charge in [0.1, 0.15) is 0 Å². The van der Waals surface area contributed by atoms with Crippen molar-refractivity contribution in [2.45, 2.75) is 25.7 Å². The van der Waals surface area contributed by atoms with Crippen LogP contribution in [-0.2, 0) is 4.74 Å². The van der Waals surface area contributed by atoms with Crippen LogP contribution in [0.15, 0.2) is 0 Å². The lowest BCUT2D eigenvalue weighted by Crippen LogP contribution is -2.35. The van der Waals surface area contributed by atoms with E-state index in [1.807, 2.05) is 0 Å². The van der Waals surface area contributed by atoms with Crippen LogP contribution >= 0.6 is 0 Å². The van der Waals surface area contributed by atoms with Crippen molar-refractivity contribution >= 4 is 0 Å². The van der Waals surface area contributed by atoms with Crippen molar-refractivity contribution in [3.8, 4) is 0 Å². The summed E-state index contributed by atoms with van der Waals surface area (Å²) in [6.45, 7) is 3.15. The summed E-state index contributed by atoms with van der Waals surface area (Å²) in [5.74, 6) is 0.662. The van der Waals surface area contributed by atoms with E-state index in [4.69, 9.17) is 4.74 Å². The second-order valence-electron chi connectivity index (χ2n) is 2.98. The SMILES string of the molecule is COC(O)[C@@H]1C[C@@H](C)CN1. The summed E-state index contributed by atoms with van der Waals surface area (Å²) in [6, 6.07) is 0.139. The van der Waals surface area contributed by atoms with Gasteiger partial charge >= 0.3 is 0 Å². The fourth-order valence-electron chi connectivity index (χ4n) is 1.33. The molecule has 1 saturated heterocycles. The maximum absolute atomic E-state index is 9.19. The minimum absolute atomic E-state index is 0.139. The van der Waals surface area contributed by atoms with E-state index in [2.05, 4.69) is 12.2 Å². The number of aliphatic hydroxyl groups is 1. The van der Waals surface area contributed by atoms with Gasteiger partial charge < -0.3 is 15.2 Å². The second-order valence-corrected chi connectivity index (χ2v) is 2.98. The van der Waals surface area contributed by atoms with Crippen molar-refractivity contribution in [2.75, 3.05) is 13.7 Å². The lowest BCUT2D eigenvalue weighted by molar-refractivity contribution is -0.0936. The quantitative estimate of drug-likeness (QED) is 0.535. The lowest BCUT2D eigenvalue weighted by Gasteiger charge is -2.15. The van der Waals surface area contributed by atoms with E-state index in [0.29, 0.717) is 5.92 Å².